The van der Waals surface area contributed by atoms with Crippen molar-refractivity contribution in [3.8, 4) is 0 Å². The second-order valence-corrected chi connectivity index (χ2v) is 3.04. The van der Waals surface area contributed by atoms with Crippen molar-refractivity contribution in [1.82, 2.24) is 9.78 Å². The topological polar surface area (TPSA) is 55.1 Å². The quantitative estimate of drug-likeness (QED) is 0.842. The Bertz CT molecular complexity index is 370. The summed E-state index contributed by atoms with van der Waals surface area (Å²) in [5.74, 6) is -1.06. The van der Waals surface area contributed by atoms with E-state index in [1.165, 1.54) is 7.05 Å². The number of carbonyl (C=O) groups is 1. The summed E-state index contributed by atoms with van der Waals surface area (Å²) in [6.07, 6.45) is -4.68. The molecule has 0 saturated heterocycles. The maximum atomic E-state index is 12.3. The van der Waals surface area contributed by atoms with E-state index in [0.717, 1.165) is 6.07 Å². The Balaban J connectivity index is 2.82. The van der Waals surface area contributed by atoms with Gasteiger partial charge in [-0.05, 0) is 6.07 Å². The van der Waals surface area contributed by atoms with Crippen LogP contribution in [0.15, 0.2) is 6.07 Å². The summed E-state index contributed by atoms with van der Waals surface area (Å²) >= 11 is 0. The number of hydrogen-bond acceptors (Lipinski definition) is 2. The van der Waals surface area contributed by atoms with Gasteiger partial charge in [-0.1, -0.05) is 0 Å². The summed E-state index contributed by atoms with van der Waals surface area (Å²) in [5, 5.41) is 11.9. The average Bonchev–Trinajstić information content (AvgIpc) is 2.42. The third-order valence-corrected chi connectivity index (χ3v) is 1.82. The first kappa shape index (κ1) is 11.5. The third kappa shape index (κ3) is 2.97. The lowest BCUT2D eigenvalue weighted by molar-refractivity contribution is -0.143. The largest absolute Gasteiger partial charge is 0.481 e. The number of carboxylic acids is 1. The number of nitrogens with zero attached hydrogens (tertiary/aromatic N) is 2. The van der Waals surface area contributed by atoms with Crippen LogP contribution in [0.25, 0.3) is 0 Å². The molecule has 0 aromatic carbocycles. The van der Waals surface area contributed by atoms with Gasteiger partial charge in [-0.2, -0.15) is 18.3 Å². The highest BCUT2D eigenvalue weighted by Gasteiger charge is 2.34. The summed E-state index contributed by atoms with van der Waals surface area (Å²) in [6, 6.07) is 0.864. The summed E-state index contributed by atoms with van der Waals surface area (Å²) in [5.41, 5.74) is -0.741. The van der Waals surface area contributed by atoms with Gasteiger partial charge < -0.3 is 5.11 Å². The lowest BCUT2D eigenvalue weighted by atomic mass is 10.2. The Hall–Kier alpha value is -1.53. The molecule has 0 saturated carbocycles. The molecule has 15 heavy (non-hydrogen) atoms. The van der Waals surface area contributed by atoms with E-state index in [-0.39, 0.29) is 18.5 Å². The number of alkyl halides is 3. The van der Waals surface area contributed by atoms with Crippen LogP contribution >= 0.6 is 0 Å². The summed E-state index contributed by atoms with van der Waals surface area (Å²) < 4.78 is 37.6. The van der Waals surface area contributed by atoms with Gasteiger partial charge in [0.1, 0.15) is 5.69 Å². The van der Waals surface area contributed by atoms with Crippen LogP contribution in [-0.2, 0) is 24.4 Å². The summed E-state index contributed by atoms with van der Waals surface area (Å²) in [7, 11) is 1.17. The molecule has 7 heteroatoms. The van der Waals surface area contributed by atoms with Crippen LogP contribution in [0.3, 0.4) is 0 Å². The molecule has 1 N–H and O–H groups in total. The molecule has 0 bridgehead atoms. The van der Waals surface area contributed by atoms with Gasteiger partial charge in [-0.25, -0.2) is 0 Å². The molecular formula is C8H9F3N2O2. The molecule has 0 spiro atoms. The van der Waals surface area contributed by atoms with Gasteiger partial charge in [-0.3, -0.25) is 9.48 Å². The highest BCUT2D eigenvalue weighted by atomic mass is 19.4. The van der Waals surface area contributed by atoms with Crippen LogP contribution in [0.4, 0.5) is 13.2 Å². The molecule has 1 rings (SSSR count). The van der Waals surface area contributed by atoms with E-state index in [0.29, 0.717) is 4.68 Å². The zero-order chi connectivity index (χ0) is 11.6. The molecule has 0 radical (unpaired) electrons. The Morgan fingerprint density at radius 3 is 2.60 bits per heavy atom. The Morgan fingerprint density at radius 2 is 2.20 bits per heavy atom. The van der Waals surface area contributed by atoms with Crippen molar-refractivity contribution >= 4 is 5.97 Å². The first-order valence-electron chi connectivity index (χ1n) is 4.12. The van der Waals surface area contributed by atoms with Crippen molar-refractivity contribution in [3.63, 3.8) is 0 Å². The smallest absolute Gasteiger partial charge is 0.433 e. The fourth-order valence-corrected chi connectivity index (χ4v) is 1.15. The van der Waals surface area contributed by atoms with E-state index in [1.807, 2.05) is 0 Å². The summed E-state index contributed by atoms with van der Waals surface area (Å²) in [4.78, 5) is 10.2. The molecule has 84 valence electrons. The maximum Gasteiger partial charge on any atom is 0.433 e. The lowest BCUT2D eigenvalue weighted by Crippen LogP contribution is -2.11. The van der Waals surface area contributed by atoms with Crippen molar-refractivity contribution in [2.45, 2.75) is 19.0 Å². The molecule has 1 aromatic rings. The van der Waals surface area contributed by atoms with Gasteiger partial charge in [0, 0.05) is 13.5 Å². The molecule has 1 aromatic heterocycles. The van der Waals surface area contributed by atoms with Gasteiger partial charge in [0.25, 0.3) is 0 Å². The molecule has 0 amide bonds. The number of hydrogen-bond donors (Lipinski definition) is 1. The normalized spacial score (nSPS) is 11.7. The van der Waals surface area contributed by atoms with Crippen molar-refractivity contribution in [3.05, 3.63) is 17.5 Å². The van der Waals surface area contributed by atoms with Gasteiger partial charge in [0.15, 0.2) is 0 Å². The zero-order valence-corrected chi connectivity index (χ0v) is 7.88. The molecule has 1 heterocycles. The molecule has 0 aliphatic carbocycles. The van der Waals surface area contributed by atoms with Crippen LogP contribution in [-0.4, -0.2) is 20.9 Å². The molecule has 0 aliphatic heterocycles. The van der Waals surface area contributed by atoms with Crippen LogP contribution in [0, 0.1) is 0 Å². The second-order valence-electron chi connectivity index (χ2n) is 3.04. The number of aromatic nitrogens is 2. The van der Waals surface area contributed by atoms with E-state index in [9.17, 15) is 18.0 Å². The third-order valence-electron chi connectivity index (χ3n) is 1.82. The van der Waals surface area contributed by atoms with Gasteiger partial charge in [-0.15, -0.1) is 0 Å². The SMILES string of the molecule is Cn1nc(CCC(=O)O)cc1C(F)(F)F. The van der Waals surface area contributed by atoms with Crippen molar-refractivity contribution in [1.29, 1.82) is 0 Å². The van der Waals surface area contributed by atoms with Crippen molar-refractivity contribution < 1.29 is 23.1 Å². The van der Waals surface area contributed by atoms with E-state index in [4.69, 9.17) is 5.11 Å². The van der Waals surface area contributed by atoms with E-state index in [2.05, 4.69) is 5.10 Å². The summed E-state index contributed by atoms with van der Waals surface area (Å²) in [6.45, 7) is 0. The standard InChI is InChI=1S/C8H9F3N2O2/c1-13-6(8(9,10)11)4-5(12-13)2-3-7(14)15/h4H,2-3H2,1H3,(H,14,15). The van der Waals surface area contributed by atoms with Crippen molar-refractivity contribution in [2.75, 3.05) is 0 Å². The van der Waals surface area contributed by atoms with E-state index >= 15 is 0 Å². The lowest BCUT2D eigenvalue weighted by Gasteiger charge is -2.04. The number of halogens is 3. The monoisotopic (exact) mass is 222 g/mol. The second kappa shape index (κ2) is 3.92. The van der Waals surface area contributed by atoms with Crippen LogP contribution in [0.2, 0.25) is 0 Å². The number of carboxylic acid groups (broad SMARTS) is 1. The Labute approximate surface area is 83.3 Å². The first-order valence-corrected chi connectivity index (χ1v) is 4.12. The minimum Gasteiger partial charge on any atom is -0.481 e. The minimum atomic E-state index is -4.46. The molecule has 0 atom stereocenters. The zero-order valence-electron chi connectivity index (χ0n) is 7.88. The predicted octanol–water partition coefficient (Wildman–Crippen LogP) is 1.46. The maximum absolute atomic E-state index is 12.3. The number of rotatable bonds is 3. The van der Waals surface area contributed by atoms with E-state index in [1.54, 1.807) is 0 Å². The molecule has 4 nitrogen and oxygen atoms in total. The first-order chi connectivity index (χ1) is 6.80. The Morgan fingerprint density at radius 1 is 1.60 bits per heavy atom. The van der Waals surface area contributed by atoms with Gasteiger partial charge in [0.2, 0.25) is 0 Å². The minimum absolute atomic E-state index is 0.000741. The highest BCUT2D eigenvalue weighted by molar-refractivity contribution is 5.66. The molecule has 0 unspecified atom stereocenters. The van der Waals surface area contributed by atoms with Crippen molar-refractivity contribution in [2.24, 2.45) is 7.05 Å². The predicted molar refractivity (Wildman–Crippen MR) is 44.2 cm³/mol. The Kier molecular flexibility index (Phi) is 3.01. The molecular weight excluding hydrogens is 213 g/mol. The fourth-order valence-electron chi connectivity index (χ4n) is 1.15. The fraction of sp³-hybridized carbons (Fsp3) is 0.500. The van der Waals surface area contributed by atoms with Gasteiger partial charge in [0.05, 0.1) is 12.1 Å². The van der Waals surface area contributed by atoms with Crippen LogP contribution in [0.1, 0.15) is 17.8 Å². The number of aliphatic carboxylic acids is 1. The van der Waals surface area contributed by atoms with Crippen LogP contribution < -0.4 is 0 Å². The number of aryl methyl sites for hydroxylation is 2. The van der Waals surface area contributed by atoms with E-state index < -0.39 is 17.8 Å². The molecule has 0 aliphatic rings. The molecule has 0 fully saturated rings. The average molecular weight is 222 g/mol. The van der Waals surface area contributed by atoms with Crippen LogP contribution in [0.5, 0.6) is 0 Å². The highest BCUT2D eigenvalue weighted by Crippen LogP contribution is 2.29. The van der Waals surface area contributed by atoms with Gasteiger partial charge >= 0.3 is 12.1 Å².